The van der Waals surface area contributed by atoms with Gasteiger partial charge in [-0.05, 0) is 6.42 Å². The molecular weight excluding hydrogens is 216 g/mol. The summed E-state index contributed by atoms with van der Waals surface area (Å²) in [6.07, 6.45) is 0.226. The molecule has 0 spiro atoms. The van der Waals surface area contributed by atoms with Gasteiger partial charge in [0.15, 0.2) is 0 Å². The average molecular weight is 232 g/mol. The first-order chi connectivity index (χ1) is 7.47. The fourth-order valence-corrected chi connectivity index (χ4v) is 1.07. The van der Waals surface area contributed by atoms with Crippen molar-refractivity contribution in [2.45, 2.75) is 45.1 Å². The molecule has 0 aliphatic rings. The molecule has 2 N–H and O–H groups in total. The van der Waals surface area contributed by atoms with Gasteiger partial charge < -0.3 is 14.9 Å². The highest BCUT2D eigenvalue weighted by Gasteiger charge is 2.24. The molecule has 0 fully saturated rings. The molecule has 0 amide bonds. The van der Waals surface area contributed by atoms with Crippen LogP contribution in [-0.4, -0.2) is 34.2 Å². The molecule has 1 unspecified atom stereocenters. The number of hydrogen-bond donors (Lipinski definition) is 2. The summed E-state index contributed by atoms with van der Waals surface area (Å²) < 4.78 is 4.55. The zero-order chi connectivity index (χ0) is 12.6. The van der Waals surface area contributed by atoms with Gasteiger partial charge in [-0.3, -0.25) is 9.59 Å². The van der Waals surface area contributed by atoms with Crippen LogP contribution in [0.1, 0.15) is 39.0 Å². The highest BCUT2D eigenvalue weighted by molar-refractivity contribution is 5.82. The first kappa shape index (κ1) is 14.4. The second-order valence-corrected chi connectivity index (χ2v) is 3.37. The van der Waals surface area contributed by atoms with Crippen LogP contribution in [0.3, 0.4) is 0 Å². The summed E-state index contributed by atoms with van der Waals surface area (Å²) in [5.74, 6) is -3.41. The van der Waals surface area contributed by atoms with Crippen LogP contribution in [0.4, 0.5) is 0 Å². The van der Waals surface area contributed by atoms with E-state index in [0.717, 1.165) is 12.8 Å². The van der Waals surface area contributed by atoms with Crippen LogP contribution < -0.4 is 0 Å². The maximum atomic E-state index is 11.1. The Morgan fingerprint density at radius 2 is 1.81 bits per heavy atom. The molecule has 16 heavy (non-hydrogen) atoms. The standard InChI is InChI=1S/C10H16O6/c1-2-3-4-5-9(13)16-7(10(14)15)6-8(11)12/h7H,2-6H2,1H3,(H,11,12)(H,14,15). The maximum absolute atomic E-state index is 11.1. The third-order valence-corrected chi connectivity index (χ3v) is 1.89. The van der Waals surface area contributed by atoms with E-state index in [1.54, 1.807) is 0 Å². The number of carbonyl (C=O) groups is 3. The lowest BCUT2D eigenvalue weighted by atomic mass is 10.2. The van der Waals surface area contributed by atoms with Gasteiger partial charge in [0, 0.05) is 6.42 Å². The summed E-state index contributed by atoms with van der Waals surface area (Å²) in [7, 11) is 0. The Labute approximate surface area is 93.2 Å². The summed E-state index contributed by atoms with van der Waals surface area (Å²) in [5, 5.41) is 17.0. The fraction of sp³-hybridized carbons (Fsp3) is 0.700. The summed E-state index contributed by atoms with van der Waals surface area (Å²) in [6, 6.07) is 0. The third kappa shape index (κ3) is 6.80. The summed E-state index contributed by atoms with van der Waals surface area (Å²) >= 11 is 0. The minimum absolute atomic E-state index is 0.122. The van der Waals surface area contributed by atoms with Gasteiger partial charge in [-0.2, -0.15) is 0 Å². The monoisotopic (exact) mass is 232 g/mol. The maximum Gasteiger partial charge on any atom is 0.345 e. The summed E-state index contributed by atoms with van der Waals surface area (Å²) in [5.41, 5.74) is 0. The van der Waals surface area contributed by atoms with Crippen LogP contribution in [0.5, 0.6) is 0 Å². The van der Waals surface area contributed by atoms with Crippen molar-refractivity contribution in [1.82, 2.24) is 0 Å². The van der Waals surface area contributed by atoms with Crippen molar-refractivity contribution in [3.8, 4) is 0 Å². The van der Waals surface area contributed by atoms with E-state index in [-0.39, 0.29) is 6.42 Å². The minimum Gasteiger partial charge on any atom is -0.481 e. The number of carboxylic acids is 2. The van der Waals surface area contributed by atoms with Crippen LogP contribution >= 0.6 is 0 Å². The molecule has 0 radical (unpaired) electrons. The van der Waals surface area contributed by atoms with Gasteiger partial charge in [-0.25, -0.2) is 4.79 Å². The van der Waals surface area contributed by atoms with E-state index in [9.17, 15) is 14.4 Å². The number of carbonyl (C=O) groups excluding carboxylic acids is 1. The van der Waals surface area contributed by atoms with E-state index < -0.39 is 30.4 Å². The number of aliphatic carboxylic acids is 2. The molecule has 6 nitrogen and oxygen atoms in total. The van der Waals surface area contributed by atoms with E-state index in [2.05, 4.69) is 4.74 Å². The van der Waals surface area contributed by atoms with E-state index in [4.69, 9.17) is 10.2 Å². The molecular formula is C10H16O6. The van der Waals surface area contributed by atoms with Gasteiger partial charge in [0.05, 0.1) is 6.42 Å². The van der Waals surface area contributed by atoms with Crippen molar-refractivity contribution >= 4 is 17.9 Å². The van der Waals surface area contributed by atoms with Gasteiger partial charge in [-0.1, -0.05) is 19.8 Å². The molecule has 0 saturated carbocycles. The molecule has 0 aromatic carbocycles. The molecule has 0 rings (SSSR count). The Bertz CT molecular complexity index is 260. The van der Waals surface area contributed by atoms with E-state index in [0.29, 0.717) is 6.42 Å². The Morgan fingerprint density at radius 3 is 2.25 bits per heavy atom. The van der Waals surface area contributed by atoms with Crippen molar-refractivity contribution in [3.63, 3.8) is 0 Å². The van der Waals surface area contributed by atoms with E-state index in [1.165, 1.54) is 0 Å². The Balaban J connectivity index is 4.03. The predicted molar refractivity (Wildman–Crippen MR) is 53.9 cm³/mol. The van der Waals surface area contributed by atoms with Crippen molar-refractivity contribution in [1.29, 1.82) is 0 Å². The average Bonchev–Trinajstić information content (AvgIpc) is 2.16. The SMILES string of the molecule is CCCCCC(=O)OC(CC(=O)O)C(=O)O. The van der Waals surface area contributed by atoms with Crippen molar-refractivity contribution in [2.24, 2.45) is 0 Å². The van der Waals surface area contributed by atoms with Gasteiger partial charge in [0.25, 0.3) is 0 Å². The van der Waals surface area contributed by atoms with Gasteiger partial charge >= 0.3 is 17.9 Å². The summed E-state index contributed by atoms with van der Waals surface area (Å²) in [4.78, 5) is 32.0. The van der Waals surface area contributed by atoms with Crippen molar-refractivity contribution in [3.05, 3.63) is 0 Å². The number of hydrogen-bond acceptors (Lipinski definition) is 4. The third-order valence-electron chi connectivity index (χ3n) is 1.89. The number of rotatable bonds is 8. The van der Waals surface area contributed by atoms with Crippen molar-refractivity contribution in [2.75, 3.05) is 0 Å². The molecule has 0 aliphatic heterocycles. The molecule has 0 bridgehead atoms. The number of ether oxygens (including phenoxy) is 1. The second-order valence-electron chi connectivity index (χ2n) is 3.37. The lowest BCUT2D eigenvalue weighted by molar-refractivity contribution is -0.167. The Hall–Kier alpha value is -1.59. The smallest absolute Gasteiger partial charge is 0.345 e. The lowest BCUT2D eigenvalue weighted by Gasteiger charge is -2.11. The zero-order valence-corrected chi connectivity index (χ0v) is 9.14. The molecule has 0 aliphatic carbocycles. The highest BCUT2D eigenvalue weighted by atomic mass is 16.6. The molecule has 0 aromatic rings. The predicted octanol–water partition coefficient (Wildman–Crippen LogP) is 1.04. The molecule has 0 heterocycles. The van der Waals surface area contributed by atoms with Crippen LogP contribution in [-0.2, 0) is 19.1 Å². The van der Waals surface area contributed by atoms with Crippen LogP contribution in [0.2, 0.25) is 0 Å². The van der Waals surface area contributed by atoms with Gasteiger partial charge in [0.1, 0.15) is 0 Å². The van der Waals surface area contributed by atoms with E-state index >= 15 is 0 Å². The van der Waals surface area contributed by atoms with Crippen molar-refractivity contribution < 1.29 is 29.3 Å². The molecule has 0 saturated heterocycles. The minimum atomic E-state index is -1.59. The Morgan fingerprint density at radius 1 is 1.19 bits per heavy atom. The topological polar surface area (TPSA) is 101 Å². The quantitative estimate of drug-likeness (QED) is 0.479. The van der Waals surface area contributed by atoms with Gasteiger partial charge in [-0.15, -0.1) is 0 Å². The van der Waals surface area contributed by atoms with Crippen LogP contribution in [0, 0.1) is 0 Å². The van der Waals surface area contributed by atoms with Gasteiger partial charge in [0.2, 0.25) is 6.10 Å². The number of unbranched alkanes of at least 4 members (excludes halogenated alkanes) is 2. The largest absolute Gasteiger partial charge is 0.481 e. The molecule has 0 aromatic heterocycles. The van der Waals surface area contributed by atoms with Crippen LogP contribution in [0.25, 0.3) is 0 Å². The zero-order valence-electron chi connectivity index (χ0n) is 9.14. The number of carboxylic acid groups (broad SMARTS) is 2. The first-order valence-corrected chi connectivity index (χ1v) is 5.11. The number of esters is 1. The summed E-state index contributed by atoms with van der Waals surface area (Å²) in [6.45, 7) is 1.97. The molecule has 1 atom stereocenters. The lowest BCUT2D eigenvalue weighted by Crippen LogP contribution is -2.29. The molecule has 6 heteroatoms. The van der Waals surface area contributed by atoms with E-state index in [1.807, 2.05) is 6.92 Å². The highest BCUT2D eigenvalue weighted by Crippen LogP contribution is 2.05. The van der Waals surface area contributed by atoms with Crippen LogP contribution in [0.15, 0.2) is 0 Å². The normalized spacial score (nSPS) is 11.8. The Kier molecular flexibility index (Phi) is 6.91. The second kappa shape index (κ2) is 7.67. The fourth-order valence-electron chi connectivity index (χ4n) is 1.07. The molecule has 92 valence electrons. The first-order valence-electron chi connectivity index (χ1n) is 5.11.